The normalized spacial score (nSPS) is 20.8. The van der Waals surface area contributed by atoms with E-state index in [4.69, 9.17) is 15.8 Å². The van der Waals surface area contributed by atoms with Crippen LogP contribution in [0.3, 0.4) is 0 Å². The number of rotatable bonds is 6. The van der Waals surface area contributed by atoms with E-state index in [-0.39, 0.29) is 22.9 Å². The van der Waals surface area contributed by atoms with Crippen LogP contribution < -0.4 is 11.1 Å². The first kappa shape index (κ1) is 21.1. The standard InChI is InChI=1S/C24H32N6O2/c1-24(2)11-17-20(18(31)12-24)16(10-14-8-9-14)29-30(17)19-13-26-21(22(25)32)23(28-19)27-15-6-4-3-5-7-15/h13-15H,3-12H2,1-2H3,(H2,25,32)(H,27,28). The van der Waals surface area contributed by atoms with Gasteiger partial charge in [0.05, 0.1) is 23.1 Å². The maximum absolute atomic E-state index is 13.1. The number of nitrogens with zero attached hydrogens (tertiary/aromatic N) is 4. The molecule has 8 nitrogen and oxygen atoms in total. The van der Waals surface area contributed by atoms with Gasteiger partial charge in [-0.3, -0.25) is 9.59 Å². The van der Waals surface area contributed by atoms with Crippen LogP contribution >= 0.6 is 0 Å². The maximum Gasteiger partial charge on any atom is 0.271 e. The van der Waals surface area contributed by atoms with E-state index in [1.807, 2.05) is 0 Å². The summed E-state index contributed by atoms with van der Waals surface area (Å²) in [4.78, 5) is 34.2. The highest BCUT2D eigenvalue weighted by Gasteiger charge is 2.38. The number of hydrogen-bond donors (Lipinski definition) is 2. The topological polar surface area (TPSA) is 116 Å². The molecule has 0 atom stereocenters. The van der Waals surface area contributed by atoms with Crippen LogP contribution in [-0.2, 0) is 12.8 Å². The molecule has 2 fully saturated rings. The minimum atomic E-state index is -0.601. The van der Waals surface area contributed by atoms with Crippen LogP contribution in [0.4, 0.5) is 5.82 Å². The molecule has 2 aromatic rings. The molecule has 32 heavy (non-hydrogen) atoms. The number of carbonyl (C=O) groups excluding carboxylic acids is 2. The molecule has 2 heterocycles. The summed E-state index contributed by atoms with van der Waals surface area (Å²) in [6.07, 6.45) is 11.7. The van der Waals surface area contributed by atoms with Gasteiger partial charge in [0.1, 0.15) is 0 Å². The van der Waals surface area contributed by atoms with Gasteiger partial charge in [0.25, 0.3) is 5.91 Å². The summed E-state index contributed by atoms with van der Waals surface area (Å²) >= 11 is 0. The van der Waals surface area contributed by atoms with Crippen molar-refractivity contribution in [1.82, 2.24) is 19.7 Å². The Kier molecular flexibility index (Phi) is 5.26. The molecule has 2 saturated carbocycles. The number of carbonyl (C=O) groups is 2. The lowest BCUT2D eigenvalue weighted by Crippen LogP contribution is -2.29. The van der Waals surface area contributed by atoms with Gasteiger partial charge < -0.3 is 11.1 Å². The van der Waals surface area contributed by atoms with Crippen molar-refractivity contribution in [3.05, 3.63) is 28.8 Å². The first-order valence-corrected chi connectivity index (χ1v) is 11.9. The van der Waals surface area contributed by atoms with E-state index in [0.29, 0.717) is 24.0 Å². The van der Waals surface area contributed by atoms with Crippen molar-refractivity contribution in [2.24, 2.45) is 17.1 Å². The highest BCUT2D eigenvalue weighted by molar-refractivity contribution is 6.00. The van der Waals surface area contributed by atoms with E-state index in [0.717, 1.165) is 55.5 Å². The number of anilines is 1. The molecule has 1 amide bonds. The molecule has 2 aromatic heterocycles. The fraction of sp³-hybridized carbons (Fsp3) is 0.625. The second-order valence-electron chi connectivity index (χ2n) is 10.5. The molecule has 0 unspecified atom stereocenters. The Labute approximate surface area is 188 Å². The largest absolute Gasteiger partial charge is 0.365 e. The molecule has 0 aliphatic heterocycles. The summed E-state index contributed by atoms with van der Waals surface area (Å²) in [5, 5.41) is 8.28. The first-order valence-electron chi connectivity index (χ1n) is 11.9. The average molecular weight is 437 g/mol. The van der Waals surface area contributed by atoms with Gasteiger partial charge in [-0.15, -0.1) is 0 Å². The van der Waals surface area contributed by atoms with Crippen LogP contribution in [0, 0.1) is 11.3 Å². The summed E-state index contributed by atoms with van der Waals surface area (Å²) in [5.41, 5.74) is 8.17. The van der Waals surface area contributed by atoms with E-state index in [9.17, 15) is 9.59 Å². The van der Waals surface area contributed by atoms with Crippen LogP contribution in [0.25, 0.3) is 5.82 Å². The summed E-state index contributed by atoms with van der Waals surface area (Å²) in [6, 6.07) is 0.254. The number of ketones is 1. The van der Waals surface area contributed by atoms with Crippen molar-refractivity contribution in [3.8, 4) is 5.82 Å². The minimum absolute atomic E-state index is 0.136. The van der Waals surface area contributed by atoms with Gasteiger partial charge in [0.2, 0.25) is 0 Å². The van der Waals surface area contributed by atoms with Gasteiger partial charge in [0.15, 0.2) is 23.1 Å². The van der Waals surface area contributed by atoms with E-state index >= 15 is 0 Å². The van der Waals surface area contributed by atoms with Crippen LogP contribution in [0.2, 0.25) is 0 Å². The molecule has 0 spiro atoms. The predicted molar refractivity (Wildman–Crippen MR) is 121 cm³/mol. The third kappa shape index (κ3) is 4.14. The number of Topliss-reactive ketones (excluding diaryl/α,β-unsaturated/α-hetero) is 1. The van der Waals surface area contributed by atoms with Crippen molar-refractivity contribution in [2.75, 3.05) is 5.32 Å². The Morgan fingerprint density at radius 2 is 1.94 bits per heavy atom. The number of nitrogens with two attached hydrogens (primary N) is 1. The maximum atomic E-state index is 13.1. The first-order chi connectivity index (χ1) is 15.3. The Bertz CT molecular complexity index is 1060. The fourth-order valence-corrected chi connectivity index (χ4v) is 5.16. The van der Waals surface area contributed by atoms with Gasteiger partial charge in [-0.25, -0.2) is 14.6 Å². The van der Waals surface area contributed by atoms with Crippen molar-refractivity contribution in [1.29, 1.82) is 0 Å². The summed E-state index contributed by atoms with van der Waals surface area (Å²) in [6.45, 7) is 4.23. The number of aromatic nitrogens is 4. The molecular weight excluding hydrogens is 404 g/mol. The molecule has 3 aliphatic carbocycles. The lowest BCUT2D eigenvalue weighted by molar-refractivity contribution is 0.0909. The molecule has 3 aliphatic rings. The smallest absolute Gasteiger partial charge is 0.271 e. The SMILES string of the molecule is CC1(C)CC(=O)c2c(CC3CC3)nn(-c3cnc(C(N)=O)c(NC4CCCCC4)n3)c2C1. The van der Waals surface area contributed by atoms with Crippen LogP contribution in [0.15, 0.2) is 6.20 Å². The van der Waals surface area contributed by atoms with Crippen molar-refractivity contribution >= 4 is 17.5 Å². The Morgan fingerprint density at radius 3 is 2.62 bits per heavy atom. The number of hydrogen-bond acceptors (Lipinski definition) is 6. The third-order valence-corrected chi connectivity index (χ3v) is 6.95. The zero-order chi connectivity index (χ0) is 22.5. The van der Waals surface area contributed by atoms with E-state index in [1.165, 1.54) is 19.3 Å². The molecule has 8 heteroatoms. The predicted octanol–water partition coefficient (Wildman–Crippen LogP) is 3.61. The summed E-state index contributed by atoms with van der Waals surface area (Å²) in [5.74, 6) is 1.13. The Hall–Kier alpha value is -2.77. The molecule has 3 N–H and O–H groups in total. The lowest BCUT2D eigenvalue weighted by Gasteiger charge is -2.29. The fourth-order valence-electron chi connectivity index (χ4n) is 5.16. The number of nitrogens with one attached hydrogen (secondary N) is 1. The molecule has 170 valence electrons. The Morgan fingerprint density at radius 1 is 1.19 bits per heavy atom. The van der Waals surface area contributed by atoms with Gasteiger partial charge in [-0.1, -0.05) is 33.1 Å². The lowest BCUT2D eigenvalue weighted by atomic mass is 9.75. The number of amides is 1. The third-order valence-electron chi connectivity index (χ3n) is 6.95. The van der Waals surface area contributed by atoms with Crippen LogP contribution in [0.5, 0.6) is 0 Å². The highest BCUT2D eigenvalue weighted by atomic mass is 16.1. The zero-order valence-electron chi connectivity index (χ0n) is 19.0. The molecule has 0 aromatic carbocycles. The monoisotopic (exact) mass is 436 g/mol. The second kappa shape index (κ2) is 7.98. The van der Waals surface area contributed by atoms with Crippen LogP contribution in [-0.4, -0.2) is 37.5 Å². The molecule has 0 bridgehead atoms. The molecule has 0 radical (unpaired) electrons. The average Bonchev–Trinajstić information content (AvgIpc) is 3.47. The summed E-state index contributed by atoms with van der Waals surface area (Å²) in [7, 11) is 0. The second-order valence-corrected chi connectivity index (χ2v) is 10.5. The van der Waals surface area contributed by atoms with Gasteiger partial charge in [0, 0.05) is 12.5 Å². The number of primary amides is 1. The number of fused-ring (bicyclic) bond motifs is 1. The highest BCUT2D eigenvalue weighted by Crippen LogP contribution is 2.40. The minimum Gasteiger partial charge on any atom is -0.365 e. The molecule has 5 rings (SSSR count). The van der Waals surface area contributed by atoms with Gasteiger partial charge in [-0.05, 0) is 49.9 Å². The van der Waals surface area contributed by atoms with E-state index in [1.54, 1.807) is 10.9 Å². The van der Waals surface area contributed by atoms with Gasteiger partial charge >= 0.3 is 0 Å². The van der Waals surface area contributed by atoms with E-state index < -0.39 is 5.91 Å². The van der Waals surface area contributed by atoms with Crippen LogP contribution in [0.1, 0.15) is 97.4 Å². The van der Waals surface area contributed by atoms with Crippen molar-refractivity contribution in [3.63, 3.8) is 0 Å². The van der Waals surface area contributed by atoms with Crippen molar-refractivity contribution < 1.29 is 9.59 Å². The Balaban J connectivity index is 1.57. The van der Waals surface area contributed by atoms with E-state index in [2.05, 4.69) is 24.1 Å². The molecular formula is C24H32N6O2. The molecule has 0 saturated heterocycles. The van der Waals surface area contributed by atoms with Gasteiger partial charge in [-0.2, -0.15) is 5.10 Å². The zero-order valence-corrected chi connectivity index (χ0v) is 19.0. The summed E-state index contributed by atoms with van der Waals surface area (Å²) < 4.78 is 1.79. The van der Waals surface area contributed by atoms with Crippen molar-refractivity contribution in [2.45, 2.75) is 84.1 Å². The quantitative estimate of drug-likeness (QED) is 0.715.